The third-order valence-corrected chi connectivity index (χ3v) is 8.36. The number of anilines is 1. The number of rotatable bonds is 11. The summed E-state index contributed by atoms with van der Waals surface area (Å²) in [5.41, 5.74) is 12.6. The van der Waals surface area contributed by atoms with E-state index in [4.69, 9.17) is 10.5 Å². The van der Waals surface area contributed by atoms with E-state index in [1.54, 1.807) is 25.1 Å². The largest absolute Gasteiger partial charge is 0.385 e. The van der Waals surface area contributed by atoms with Gasteiger partial charge in [0.25, 0.3) is 5.91 Å². The van der Waals surface area contributed by atoms with Crippen LogP contribution in [0.15, 0.2) is 61.1 Å². The molecule has 42 heavy (non-hydrogen) atoms. The summed E-state index contributed by atoms with van der Waals surface area (Å²) in [7, 11) is 3.53. The highest BCUT2D eigenvalue weighted by Crippen LogP contribution is 2.36. The van der Waals surface area contributed by atoms with Gasteiger partial charge < -0.3 is 29.8 Å². The Morgan fingerprint density at radius 1 is 1.17 bits per heavy atom. The molecule has 3 heterocycles. The van der Waals surface area contributed by atoms with Crippen molar-refractivity contribution in [2.45, 2.75) is 57.5 Å². The predicted molar refractivity (Wildman–Crippen MR) is 166 cm³/mol. The molecule has 0 aliphatic carbocycles. The summed E-state index contributed by atoms with van der Waals surface area (Å²) in [6.45, 7) is 5.34. The molecule has 4 aromatic rings. The van der Waals surface area contributed by atoms with Crippen LogP contribution in [0.5, 0.6) is 0 Å². The smallest absolute Gasteiger partial charge is 0.273 e. The highest BCUT2D eigenvalue weighted by atomic mass is 16.5. The summed E-state index contributed by atoms with van der Waals surface area (Å²) in [5, 5.41) is 4.18. The van der Waals surface area contributed by atoms with Gasteiger partial charge in [-0.1, -0.05) is 30.3 Å². The monoisotopic (exact) mass is 570 g/mol. The molecule has 222 valence electrons. The SMILES string of the molecule is COCCCn1c(C2CCCN(C(=O)CC(N)Cc3ccc(NC(=O)c4cncn4C)cc3)C2)c(C)c2ccccc21. The Morgan fingerprint density at radius 2 is 1.95 bits per heavy atom. The molecule has 2 aromatic carbocycles. The molecule has 2 atom stereocenters. The van der Waals surface area contributed by atoms with Gasteiger partial charge in [-0.3, -0.25) is 9.59 Å². The van der Waals surface area contributed by atoms with E-state index < -0.39 is 0 Å². The number of carbonyl (C=O) groups is 2. The van der Waals surface area contributed by atoms with Crippen molar-refractivity contribution in [3.05, 3.63) is 83.6 Å². The highest BCUT2D eigenvalue weighted by Gasteiger charge is 2.29. The maximum atomic E-state index is 13.4. The van der Waals surface area contributed by atoms with E-state index in [0.29, 0.717) is 30.1 Å². The van der Waals surface area contributed by atoms with Gasteiger partial charge in [0.05, 0.1) is 12.5 Å². The number of amides is 2. The van der Waals surface area contributed by atoms with Crippen LogP contribution in [0.2, 0.25) is 0 Å². The third kappa shape index (κ3) is 6.58. The number of carbonyl (C=O) groups excluding carboxylic acids is 2. The Hall–Kier alpha value is -3.95. The molecular formula is C33H42N6O3. The van der Waals surface area contributed by atoms with Crippen molar-refractivity contribution < 1.29 is 14.3 Å². The van der Waals surface area contributed by atoms with Crippen LogP contribution >= 0.6 is 0 Å². The minimum absolute atomic E-state index is 0.118. The van der Waals surface area contributed by atoms with Gasteiger partial charge in [0.1, 0.15) is 5.69 Å². The van der Waals surface area contributed by atoms with Crippen LogP contribution in [0.1, 0.15) is 58.9 Å². The Bertz CT molecular complexity index is 1520. The third-order valence-electron chi connectivity index (χ3n) is 8.36. The number of nitrogens with zero attached hydrogens (tertiary/aromatic N) is 4. The number of imidazole rings is 1. The molecule has 0 bridgehead atoms. The number of aryl methyl sites for hydroxylation is 3. The number of para-hydroxylation sites is 1. The van der Waals surface area contributed by atoms with Crippen LogP contribution in [0.3, 0.4) is 0 Å². The van der Waals surface area contributed by atoms with Crippen LogP contribution in [0, 0.1) is 6.92 Å². The summed E-state index contributed by atoms with van der Waals surface area (Å²) in [5.74, 6) is 0.199. The lowest BCUT2D eigenvalue weighted by Gasteiger charge is -2.34. The molecule has 0 radical (unpaired) electrons. The highest BCUT2D eigenvalue weighted by molar-refractivity contribution is 6.02. The average Bonchev–Trinajstić information content (AvgIpc) is 3.55. The van der Waals surface area contributed by atoms with Crippen LogP contribution in [-0.2, 0) is 29.5 Å². The van der Waals surface area contributed by atoms with E-state index in [1.807, 2.05) is 29.2 Å². The standard InChI is InChI=1S/C33H42N6O3/c1-23-28-9-4-5-10-29(28)39(16-7-17-42-3)32(23)25-8-6-15-38(21-25)31(40)19-26(34)18-24-11-13-27(14-12-24)36-33(41)30-20-35-22-37(30)2/h4-5,9-14,20,22,25-26H,6-8,15-19,21,34H2,1-3H3,(H,36,41). The second-order valence-electron chi connectivity index (χ2n) is 11.4. The van der Waals surface area contributed by atoms with E-state index in [0.717, 1.165) is 51.1 Å². The molecule has 1 aliphatic heterocycles. The number of nitrogens with two attached hydrogens (primary N) is 1. The zero-order valence-corrected chi connectivity index (χ0v) is 24.9. The fourth-order valence-electron chi connectivity index (χ4n) is 6.28. The molecule has 1 fully saturated rings. The van der Waals surface area contributed by atoms with Gasteiger partial charge in [-0.15, -0.1) is 0 Å². The fourth-order valence-corrected chi connectivity index (χ4v) is 6.28. The number of aromatic nitrogens is 3. The number of hydrogen-bond donors (Lipinski definition) is 2. The Balaban J connectivity index is 1.20. The maximum absolute atomic E-state index is 13.4. The molecule has 0 spiro atoms. The number of likely N-dealkylation sites (tertiary alicyclic amines) is 1. The lowest BCUT2D eigenvalue weighted by atomic mass is 9.91. The first-order chi connectivity index (χ1) is 20.4. The molecule has 2 unspecified atom stereocenters. The predicted octanol–water partition coefficient (Wildman–Crippen LogP) is 4.64. The van der Waals surface area contributed by atoms with E-state index in [9.17, 15) is 9.59 Å². The van der Waals surface area contributed by atoms with Gasteiger partial charge in [-0.05, 0) is 61.9 Å². The molecule has 5 rings (SSSR count). The van der Waals surface area contributed by atoms with E-state index in [-0.39, 0.29) is 17.9 Å². The molecule has 9 heteroatoms. The lowest BCUT2D eigenvalue weighted by Crippen LogP contribution is -2.42. The van der Waals surface area contributed by atoms with Crippen LogP contribution in [-0.4, -0.2) is 63.7 Å². The first-order valence-electron chi connectivity index (χ1n) is 14.8. The van der Waals surface area contributed by atoms with Crippen molar-refractivity contribution in [2.75, 3.05) is 32.1 Å². The van der Waals surface area contributed by atoms with Gasteiger partial charge >= 0.3 is 0 Å². The van der Waals surface area contributed by atoms with Gasteiger partial charge in [0, 0.05) is 81.1 Å². The Labute approximate surface area is 247 Å². The number of methoxy groups -OCH3 is 1. The summed E-state index contributed by atoms with van der Waals surface area (Å²) >= 11 is 0. The zero-order valence-electron chi connectivity index (χ0n) is 24.9. The number of hydrogen-bond acceptors (Lipinski definition) is 5. The van der Waals surface area contributed by atoms with Crippen molar-refractivity contribution in [3.8, 4) is 0 Å². The number of fused-ring (bicyclic) bond motifs is 1. The molecule has 3 N–H and O–H groups in total. The minimum Gasteiger partial charge on any atom is -0.385 e. The zero-order chi connectivity index (χ0) is 29.6. The molecule has 9 nitrogen and oxygen atoms in total. The minimum atomic E-state index is -0.282. The number of piperidine rings is 1. The summed E-state index contributed by atoms with van der Waals surface area (Å²) in [6.07, 6.45) is 7.03. The van der Waals surface area contributed by atoms with Crippen molar-refractivity contribution in [2.24, 2.45) is 12.8 Å². The summed E-state index contributed by atoms with van der Waals surface area (Å²) < 4.78 is 9.47. The van der Waals surface area contributed by atoms with Crippen molar-refractivity contribution in [3.63, 3.8) is 0 Å². The fraction of sp³-hybridized carbons (Fsp3) is 0.424. The quantitative estimate of drug-likeness (QED) is 0.256. The van der Waals surface area contributed by atoms with Crippen molar-refractivity contribution >= 4 is 28.4 Å². The summed E-state index contributed by atoms with van der Waals surface area (Å²) in [4.78, 5) is 31.9. The molecule has 2 aromatic heterocycles. The van der Waals surface area contributed by atoms with E-state index in [1.165, 1.54) is 28.4 Å². The van der Waals surface area contributed by atoms with Crippen LogP contribution in [0.4, 0.5) is 5.69 Å². The van der Waals surface area contributed by atoms with Gasteiger partial charge in [0.15, 0.2) is 0 Å². The van der Waals surface area contributed by atoms with Gasteiger partial charge in [-0.25, -0.2) is 4.98 Å². The Kier molecular flexibility index (Phi) is 9.39. The van der Waals surface area contributed by atoms with Gasteiger partial charge in [-0.2, -0.15) is 0 Å². The second kappa shape index (κ2) is 13.4. The molecule has 1 aliphatic rings. The average molecular weight is 571 g/mol. The number of nitrogens with one attached hydrogen (secondary N) is 1. The molecule has 0 saturated carbocycles. The van der Waals surface area contributed by atoms with Crippen LogP contribution < -0.4 is 11.1 Å². The second-order valence-corrected chi connectivity index (χ2v) is 11.4. The molecular weight excluding hydrogens is 528 g/mol. The number of ether oxygens (including phenoxy) is 1. The maximum Gasteiger partial charge on any atom is 0.273 e. The molecule has 2 amide bonds. The first kappa shape index (κ1) is 29.5. The van der Waals surface area contributed by atoms with Crippen molar-refractivity contribution in [1.82, 2.24) is 19.0 Å². The number of benzene rings is 2. The normalized spacial score (nSPS) is 16.1. The van der Waals surface area contributed by atoms with Crippen molar-refractivity contribution in [1.29, 1.82) is 0 Å². The topological polar surface area (TPSA) is 107 Å². The van der Waals surface area contributed by atoms with E-state index in [2.05, 4.69) is 46.1 Å². The first-order valence-corrected chi connectivity index (χ1v) is 14.8. The Morgan fingerprint density at radius 3 is 2.69 bits per heavy atom. The lowest BCUT2D eigenvalue weighted by molar-refractivity contribution is -0.132. The van der Waals surface area contributed by atoms with Gasteiger partial charge in [0.2, 0.25) is 5.91 Å². The summed E-state index contributed by atoms with van der Waals surface area (Å²) in [6, 6.07) is 15.9. The van der Waals surface area contributed by atoms with E-state index >= 15 is 0 Å². The molecule has 1 saturated heterocycles. The van der Waals surface area contributed by atoms with Crippen LogP contribution in [0.25, 0.3) is 10.9 Å².